The lowest BCUT2D eigenvalue weighted by Crippen LogP contribution is -2.39. The highest BCUT2D eigenvalue weighted by molar-refractivity contribution is 7.07. The van der Waals surface area contributed by atoms with E-state index in [1.165, 1.54) is 24.2 Å². The summed E-state index contributed by atoms with van der Waals surface area (Å²) in [5.74, 6) is 0.352. The van der Waals surface area contributed by atoms with Gasteiger partial charge in [0.15, 0.2) is 5.78 Å². The van der Waals surface area contributed by atoms with Gasteiger partial charge in [0.1, 0.15) is 5.69 Å². The van der Waals surface area contributed by atoms with Crippen LogP contribution in [0.1, 0.15) is 49.0 Å². The normalized spacial score (nSPS) is 27.4. The molecule has 0 aromatic carbocycles. The van der Waals surface area contributed by atoms with E-state index in [0.29, 0.717) is 5.69 Å². The molecule has 92 valence electrons. The maximum absolute atomic E-state index is 12.3. The zero-order valence-electron chi connectivity index (χ0n) is 9.85. The average molecular weight is 251 g/mol. The summed E-state index contributed by atoms with van der Waals surface area (Å²) in [5.41, 5.74) is 2.40. The van der Waals surface area contributed by atoms with Crippen LogP contribution in [-0.4, -0.2) is 23.0 Å². The Morgan fingerprint density at radius 3 is 3.00 bits per heavy atom. The second kappa shape index (κ2) is 4.50. The maximum atomic E-state index is 12.3. The molecule has 2 heterocycles. The van der Waals surface area contributed by atoms with Crippen LogP contribution in [0.5, 0.6) is 0 Å². The van der Waals surface area contributed by atoms with Crippen LogP contribution in [0.3, 0.4) is 0 Å². The van der Waals surface area contributed by atoms with Crippen molar-refractivity contribution in [1.29, 1.82) is 0 Å². The van der Waals surface area contributed by atoms with E-state index in [9.17, 15) is 4.79 Å². The fourth-order valence-corrected chi connectivity index (χ4v) is 3.70. The first kappa shape index (κ1) is 11.4. The van der Waals surface area contributed by atoms with E-state index in [4.69, 9.17) is 4.74 Å². The topological polar surface area (TPSA) is 39.2 Å². The van der Waals surface area contributed by atoms with Crippen LogP contribution in [0.25, 0.3) is 0 Å². The molecule has 0 N–H and O–H groups in total. The van der Waals surface area contributed by atoms with E-state index in [0.717, 1.165) is 32.3 Å². The van der Waals surface area contributed by atoms with Gasteiger partial charge >= 0.3 is 0 Å². The Labute approximate surface area is 105 Å². The Morgan fingerprint density at radius 1 is 1.47 bits per heavy atom. The SMILES string of the molecule is O=C(c1cscn1)C1CCOC2(CCCC2)C1. The second-order valence-electron chi connectivity index (χ2n) is 5.17. The van der Waals surface area contributed by atoms with Gasteiger partial charge in [-0.05, 0) is 25.7 Å². The number of aromatic nitrogens is 1. The first-order valence-corrected chi connectivity index (χ1v) is 7.30. The molecule has 2 fully saturated rings. The Hall–Kier alpha value is -0.740. The summed E-state index contributed by atoms with van der Waals surface area (Å²) < 4.78 is 5.95. The highest BCUT2D eigenvalue weighted by Gasteiger charge is 2.42. The van der Waals surface area contributed by atoms with E-state index in [2.05, 4.69) is 4.98 Å². The lowest BCUT2D eigenvalue weighted by molar-refractivity contribution is -0.0866. The van der Waals surface area contributed by atoms with Gasteiger partial charge in [-0.1, -0.05) is 12.8 Å². The van der Waals surface area contributed by atoms with Gasteiger partial charge in [0, 0.05) is 17.9 Å². The van der Waals surface area contributed by atoms with Gasteiger partial charge in [0.25, 0.3) is 0 Å². The van der Waals surface area contributed by atoms with Crippen molar-refractivity contribution in [1.82, 2.24) is 4.98 Å². The lowest BCUT2D eigenvalue weighted by Gasteiger charge is -2.37. The first-order valence-electron chi connectivity index (χ1n) is 6.35. The fraction of sp³-hybridized carbons (Fsp3) is 0.692. The predicted molar refractivity (Wildman–Crippen MR) is 66.3 cm³/mol. The smallest absolute Gasteiger partial charge is 0.185 e. The average Bonchev–Trinajstić information content (AvgIpc) is 3.00. The van der Waals surface area contributed by atoms with Crippen molar-refractivity contribution in [3.8, 4) is 0 Å². The number of hydrogen-bond acceptors (Lipinski definition) is 4. The molecule has 17 heavy (non-hydrogen) atoms. The van der Waals surface area contributed by atoms with Gasteiger partial charge in [0.05, 0.1) is 11.1 Å². The zero-order valence-corrected chi connectivity index (χ0v) is 10.7. The van der Waals surface area contributed by atoms with Crippen molar-refractivity contribution in [2.24, 2.45) is 5.92 Å². The molecule has 1 saturated heterocycles. The molecule has 3 nitrogen and oxygen atoms in total. The third-order valence-corrected chi connectivity index (χ3v) is 4.65. The maximum Gasteiger partial charge on any atom is 0.185 e. The molecular weight excluding hydrogens is 234 g/mol. The molecule has 0 amide bonds. The molecule has 2 aliphatic rings. The van der Waals surface area contributed by atoms with Gasteiger partial charge in [-0.25, -0.2) is 4.98 Å². The van der Waals surface area contributed by atoms with Crippen LogP contribution in [0.15, 0.2) is 10.9 Å². The first-order chi connectivity index (χ1) is 8.29. The molecule has 3 rings (SSSR count). The molecule has 0 radical (unpaired) electrons. The third-order valence-electron chi connectivity index (χ3n) is 4.06. The van der Waals surface area contributed by atoms with Crippen LogP contribution in [0.2, 0.25) is 0 Å². The Morgan fingerprint density at radius 2 is 2.29 bits per heavy atom. The van der Waals surface area contributed by atoms with Crippen LogP contribution in [0.4, 0.5) is 0 Å². The van der Waals surface area contributed by atoms with E-state index in [1.807, 2.05) is 5.38 Å². The number of ether oxygens (including phenoxy) is 1. The van der Waals surface area contributed by atoms with Crippen molar-refractivity contribution >= 4 is 17.1 Å². The van der Waals surface area contributed by atoms with E-state index in [-0.39, 0.29) is 17.3 Å². The van der Waals surface area contributed by atoms with E-state index in [1.54, 1.807) is 5.51 Å². The summed E-state index contributed by atoms with van der Waals surface area (Å²) in [6.07, 6.45) is 6.53. The molecule has 0 bridgehead atoms. The van der Waals surface area contributed by atoms with Crippen molar-refractivity contribution < 1.29 is 9.53 Å². The van der Waals surface area contributed by atoms with E-state index < -0.39 is 0 Å². The molecule has 1 unspecified atom stereocenters. The molecular formula is C13H17NO2S. The quantitative estimate of drug-likeness (QED) is 0.758. The Kier molecular flexibility index (Phi) is 3.01. The summed E-state index contributed by atoms with van der Waals surface area (Å²) in [6, 6.07) is 0. The van der Waals surface area contributed by atoms with E-state index >= 15 is 0 Å². The molecule has 4 heteroatoms. The highest BCUT2D eigenvalue weighted by Crippen LogP contribution is 2.42. The zero-order chi connectivity index (χ0) is 11.7. The van der Waals surface area contributed by atoms with Gasteiger partial charge in [-0.15, -0.1) is 11.3 Å². The van der Waals surface area contributed by atoms with Crippen molar-refractivity contribution in [2.45, 2.75) is 44.1 Å². The summed E-state index contributed by atoms with van der Waals surface area (Å²) >= 11 is 1.49. The van der Waals surface area contributed by atoms with Gasteiger partial charge in [-0.3, -0.25) is 4.79 Å². The summed E-state index contributed by atoms with van der Waals surface area (Å²) in [5, 5.41) is 1.86. The number of hydrogen-bond donors (Lipinski definition) is 0. The monoisotopic (exact) mass is 251 g/mol. The predicted octanol–water partition coefficient (Wildman–Crippen LogP) is 3.07. The number of rotatable bonds is 2. The van der Waals surface area contributed by atoms with Crippen LogP contribution in [-0.2, 0) is 4.74 Å². The minimum Gasteiger partial charge on any atom is -0.375 e. The number of ketones is 1. The third kappa shape index (κ3) is 2.16. The van der Waals surface area contributed by atoms with Crippen molar-refractivity contribution in [3.05, 3.63) is 16.6 Å². The Balaban J connectivity index is 1.73. The summed E-state index contributed by atoms with van der Waals surface area (Å²) in [6.45, 7) is 0.737. The van der Waals surface area contributed by atoms with Gasteiger partial charge < -0.3 is 4.74 Å². The number of thiazole rings is 1. The molecule has 1 saturated carbocycles. The number of carbonyl (C=O) groups excluding carboxylic acids is 1. The largest absolute Gasteiger partial charge is 0.375 e. The number of carbonyl (C=O) groups is 1. The summed E-state index contributed by atoms with van der Waals surface area (Å²) in [7, 11) is 0. The summed E-state index contributed by atoms with van der Waals surface area (Å²) in [4.78, 5) is 16.4. The highest BCUT2D eigenvalue weighted by atomic mass is 32.1. The minimum absolute atomic E-state index is 0.0224. The van der Waals surface area contributed by atoms with Gasteiger partial charge in [-0.2, -0.15) is 0 Å². The molecule has 1 aliphatic carbocycles. The number of nitrogens with zero attached hydrogens (tertiary/aromatic N) is 1. The molecule has 1 aliphatic heterocycles. The Bertz CT molecular complexity index is 396. The number of Topliss-reactive ketones (excluding diaryl/α,β-unsaturated/α-hetero) is 1. The van der Waals surface area contributed by atoms with Crippen LogP contribution in [0, 0.1) is 5.92 Å². The van der Waals surface area contributed by atoms with Crippen molar-refractivity contribution in [2.75, 3.05) is 6.61 Å². The molecule has 1 aromatic heterocycles. The minimum atomic E-state index is 0.0224. The van der Waals surface area contributed by atoms with Crippen LogP contribution < -0.4 is 0 Å². The molecule has 1 atom stereocenters. The molecule has 1 aromatic rings. The van der Waals surface area contributed by atoms with Gasteiger partial charge in [0.2, 0.25) is 0 Å². The van der Waals surface area contributed by atoms with Crippen LogP contribution >= 0.6 is 11.3 Å². The molecule has 1 spiro atoms. The second-order valence-corrected chi connectivity index (χ2v) is 5.88. The fourth-order valence-electron chi connectivity index (χ4n) is 3.16. The lowest BCUT2D eigenvalue weighted by atomic mass is 9.82. The standard InChI is InChI=1S/C13H17NO2S/c15-12(11-8-17-9-14-11)10-3-6-16-13(7-10)4-1-2-5-13/h8-10H,1-7H2. The van der Waals surface area contributed by atoms with Crippen molar-refractivity contribution in [3.63, 3.8) is 0 Å².